The minimum atomic E-state index is -0.522. The summed E-state index contributed by atoms with van der Waals surface area (Å²) in [6.45, 7) is 1.31. The number of nitrogens with one attached hydrogen (secondary N) is 2. The SMILES string of the molecule is O=C(NCC1CCCCN1c1ccc(=O)n(C2CCCC2O)n1)c1cnc[nH]1. The number of hydrogen-bond acceptors (Lipinski definition) is 6. The zero-order chi connectivity index (χ0) is 19.5. The number of aromatic nitrogens is 4. The van der Waals surface area contributed by atoms with Crippen molar-refractivity contribution in [1.82, 2.24) is 25.1 Å². The van der Waals surface area contributed by atoms with Crippen LogP contribution in [0.1, 0.15) is 55.1 Å². The van der Waals surface area contributed by atoms with Gasteiger partial charge in [0.2, 0.25) is 0 Å². The average Bonchev–Trinajstić information content (AvgIpc) is 3.39. The third-order valence-corrected chi connectivity index (χ3v) is 5.73. The maximum atomic E-state index is 12.3. The largest absolute Gasteiger partial charge is 0.391 e. The van der Waals surface area contributed by atoms with Crippen molar-refractivity contribution >= 4 is 11.7 Å². The summed E-state index contributed by atoms with van der Waals surface area (Å²) in [5, 5.41) is 17.7. The van der Waals surface area contributed by atoms with Gasteiger partial charge < -0.3 is 20.3 Å². The molecule has 9 nitrogen and oxygen atoms in total. The lowest BCUT2D eigenvalue weighted by atomic mass is 10.0. The summed E-state index contributed by atoms with van der Waals surface area (Å²) in [4.78, 5) is 33.4. The van der Waals surface area contributed by atoms with Crippen LogP contribution in [0.15, 0.2) is 29.5 Å². The molecule has 3 N–H and O–H groups in total. The first-order chi connectivity index (χ1) is 13.6. The van der Waals surface area contributed by atoms with E-state index >= 15 is 0 Å². The predicted molar refractivity (Wildman–Crippen MR) is 103 cm³/mol. The number of aliphatic hydroxyl groups excluding tert-OH is 1. The number of carbonyl (C=O) groups excluding carboxylic acids is 1. The summed E-state index contributed by atoms with van der Waals surface area (Å²) >= 11 is 0. The number of carbonyl (C=O) groups is 1. The number of aliphatic hydroxyl groups is 1. The Morgan fingerprint density at radius 1 is 1.25 bits per heavy atom. The summed E-state index contributed by atoms with van der Waals surface area (Å²) in [6, 6.07) is 3.13. The normalized spacial score (nSPS) is 25.0. The highest BCUT2D eigenvalue weighted by Gasteiger charge is 2.30. The van der Waals surface area contributed by atoms with Gasteiger partial charge in [0.25, 0.3) is 11.5 Å². The topological polar surface area (TPSA) is 116 Å². The molecule has 2 aromatic heterocycles. The van der Waals surface area contributed by atoms with Gasteiger partial charge in [-0.25, -0.2) is 9.67 Å². The molecule has 1 amide bonds. The Hall–Kier alpha value is -2.68. The zero-order valence-electron chi connectivity index (χ0n) is 15.8. The minimum absolute atomic E-state index is 0.104. The number of aromatic amines is 1. The van der Waals surface area contributed by atoms with E-state index in [1.165, 1.54) is 23.3 Å². The standard InChI is InChI=1S/C19H26N6O3/c26-16-6-3-5-15(16)25-18(27)8-7-17(23-25)24-9-2-1-4-13(24)10-21-19(28)14-11-20-12-22-14/h7-8,11-13,15-16,26H,1-6,9-10H2,(H,20,22)(H,21,28). The van der Waals surface area contributed by atoms with Gasteiger partial charge >= 0.3 is 0 Å². The van der Waals surface area contributed by atoms with Gasteiger partial charge in [-0.3, -0.25) is 9.59 Å². The summed E-state index contributed by atoms with van der Waals surface area (Å²) < 4.78 is 1.45. The molecule has 2 aromatic rings. The summed E-state index contributed by atoms with van der Waals surface area (Å²) in [5.74, 6) is 0.536. The molecular weight excluding hydrogens is 360 g/mol. The van der Waals surface area contributed by atoms with Crippen LogP contribution >= 0.6 is 0 Å². The molecule has 150 valence electrons. The molecule has 3 unspecified atom stereocenters. The highest BCUT2D eigenvalue weighted by Crippen LogP contribution is 2.29. The maximum Gasteiger partial charge on any atom is 0.269 e. The number of H-pyrrole nitrogens is 1. The average molecular weight is 386 g/mol. The quantitative estimate of drug-likeness (QED) is 0.701. The van der Waals surface area contributed by atoms with Crippen LogP contribution in [0.25, 0.3) is 0 Å². The van der Waals surface area contributed by atoms with Crippen LogP contribution in [-0.2, 0) is 0 Å². The van der Waals surface area contributed by atoms with Crippen molar-refractivity contribution in [3.8, 4) is 0 Å². The number of nitrogens with zero attached hydrogens (tertiary/aromatic N) is 4. The molecule has 0 bridgehead atoms. The fourth-order valence-corrected chi connectivity index (χ4v) is 4.21. The molecule has 2 fully saturated rings. The lowest BCUT2D eigenvalue weighted by Gasteiger charge is -2.37. The van der Waals surface area contributed by atoms with Gasteiger partial charge in [0.1, 0.15) is 11.5 Å². The van der Waals surface area contributed by atoms with Crippen LogP contribution in [0.4, 0.5) is 5.82 Å². The van der Waals surface area contributed by atoms with Crippen LogP contribution in [-0.4, -0.2) is 56.0 Å². The number of anilines is 1. The van der Waals surface area contributed by atoms with Crippen molar-refractivity contribution in [3.63, 3.8) is 0 Å². The summed E-state index contributed by atoms with van der Waals surface area (Å²) in [6.07, 6.45) is 7.89. The van der Waals surface area contributed by atoms with E-state index in [1.54, 1.807) is 6.07 Å². The first kappa shape index (κ1) is 18.7. The number of piperidine rings is 1. The molecule has 3 heterocycles. The van der Waals surface area contributed by atoms with Crippen LogP contribution < -0.4 is 15.8 Å². The molecule has 1 saturated carbocycles. The number of imidazole rings is 1. The molecule has 3 atom stereocenters. The molecule has 1 aliphatic heterocycles. The van der Waals surface area contributed by atoms with Gasteiger partial charge in [0, 0.05) is 25.2 Å². The van der Waals surface area contributed by atoms with Crippen LogP contribution in [0.2, 0.25) is 0 Å². The third kappa shape index (κ3) is 3.80. The van der Waals surface area contributed by atoms with Crippen molar-refractivity contribution in [3.05, 3.63) is 40.7 Å². The Labute approximate surface area is 162 Å². The lowest BCUT2D eigenvalue weighted by molar-refractivity contribution is 0.0945. The van der Waals surface area contributed by atoms with E-state index in [9.17, 15) is 14.7 Å². The smallest absolute Gasteiger partial charge is 0.269 e. The molecule has 9 heteroatoms. The van der Waals surface area contributed by atoms with E-state index in [2.05, 4.69) is 25.3 Å². The van der Waals surface area contributed by atoms with E-state index < -0.39 is 6.10 Å². The molecule has 28 heavy (non-hydrogen) atoms. The number of amides is 1. The number of hydrogen-bond donors (Lipinski definition) is 3. The number of rotatable bonds is 5. The van der Waals surface area contributed by atoms with Crippen molar-refractivity contribution in [1.29, 1.82) is 0 Å². The Morgan fingerprint density at radius 3 is 2.89 bits per heavy atom. The molecule has 1 aliphatic carbocycles. The van der Waals surface area contributed by atoms with Crippen molar-refractivity contribution in [2.24, 2.45) is 0 Å². The molecule has 2 aliphatic rings. The highest BCUT2D eigenvalue weighted by atomic mass is 16.3. The van der Waals surface area contributed by atoms with Crippen LogP contribution in [0.3, 0.4) is 0 Å². The minimum Gasteiger partial charge on any atom is -0.391 e. The van der Waals surface area contributed by atoms with E-state index in [-0.39, 0.29) is 23.6 Å². The Morgan fingerprint density at radius 2 is 2.14 bits per heavy atom. The van der Waals surface area contributed by atoms with Gasteiger partial charge in [0.15, 0.2) is 0 Å². The maximum absolute atomic E-state index is 12.3. The summed E-state index contributed by atoms with van der Waals surface area (Å²) in [7, 11) is 0. The van der Waals surface area contributed by atoms with E-state index in [0.717, 1.165) is 44.5 Å². The second kappa shape index (κ2) is 8.14. The van der Waals surface area contributed by atoms with Gasteiger partial charge in [-0.05, 0) is 44.6 Å². The van der Waals surface area contributed by atoms with Crippen molar-refractivity contribution in [2.75, 3.05) is 18.0 Å². The van der Waals surface area contributed by atoms with Crippen LogP contribution in [0.5, 0.6) is 0 Å². The molecule has 0 radical (unpaired) electrons. The Balaban J connectivity index is 1.51. The first-order valence-electron chi connectivity index (χ1n) is 9.94. The van der Waals surface area contributed by atoms with Gasteiger partial charge in [0.05, 0.1) is 24.7 Å². The van der Waals surface area contributed by atoms with E-state index in [4.69, 9.17) is 0 Å². The fourth-order valence-electron chi connectivity index (χ4n) is 4.21. The monoisotopic (exact) mass is 386 g/mol. The predicted octanol–water partition coefficient (Wildman–Crippen LogP) is 0.841. The second-order valence-electron chi connectivity index (χ2n) is 7.56. The van der Waals surface area contributed by atoms with E-state index in [0.29, 0.717) is 18.7 Å². The Bertz CT molecular complexity index is 865. The molecule has 1 saturated heterocycles. The van der Waals surface area contributed by atoms with Crippen molar-refractivity contribution in [2.45, 2.75) is 56.7 Å². The summed E-state index contributed by atoms with van der Waals surface area (Å²) in [5.41, 5.74) is 0.250. The zero-order valence-corrected chi connectivity index (χ0v) is 15.8. The highest BCUT2D eigenvalue weighted by molar-refractivity contribution is 5.91. The van der Waals surface area contributed by atoms with Crippen LogP contribution in [0, 0.1) is 0 Å². The Kier molecular flexibility index (Phi) is 5.43. The van der Waals surface area contributed by atoms with Gasteiger partial charge in [-0.2, -0.15) is 5.10 Å². The molecule has 0 spiro atoms. The first-order valence-corrected chi connectivity index (χ1v) is 9.94. The molecule has 4 rings (SSSR count). The second-order valence-corrected chi connectivity index (χ2v) is 7.56. The van der Waals surface area contributed by atoms with Gasteiger partial charge in [-0.1, -0.05) is 0 Å². The third-order valence-electron chi connectivity index (χ3n) is 5.73. The van der Waals surface area contributed by atoms with E-state index in [1.807, 2.05) is 0 Å². The van der Waals surface area contributed by atoms with Gasteiger partial charge in [-0.15, -0.1) is 0 Å². The lowest BCUT2D eigenvalue weighted by Crippen LogP contribution is -2.48. The fraction of sp³-hybridized carbons (Fsp3) is 0.579. The molecular formula is C19H26N6O3. The van der Waals surface area contributed by atoms with Crippen molar-refractivity contribution < 1.29 is 9.90 Å². The molecule has 0 aromatic carbocycles.